The van der Waals surface area contributed by atoms with Gasteiger partial charge in [0.15, 0.2) is 17.5 Å². The predicted octanol–water partition coefficient (Wildman–Crippen LogP) is 11.2. The van der Waals surface area contributed by atoms with Crippen LogP contribution in [0, 0.1) is 0 Å². The third kappa shape index (κ3) is 4.39. The smallest absolute Gasteiger partial charge is 0.165 e. The lowest BCUT2D eigenvalue weighted by atomic mass is 9.83. The minimum absolute atomic E-state index is 0.0871. The average molecular weight is 634 g/mol. The van der Waals surface area contributed by atoms with Crippen LogP contribution in [0.1, 0.15) is 28.6 Å². The van der Waals surface area contributed by atoms with Crippen molar-refractivity contribution in [2.24, 2.45) is 0 Å². The summed E-state index contributed by atoms with van der Waals surface area (Å²) in [7, 11) is 0. The highest BCUT2D eigenvalue weighted by atomic mass is 32.1. The second kappa shape index (κ2) is 10.8. The van der Waals surface area contributed by atoms with Crippen molar-refractivity contribution in [1.82, 2.24) is 15.0 Å². The maximum Gasteiger partial charge on any atom is 0.165 e. The summed E-state index contributed by atoms with van der Waals surface area (Å²) in [5.41, 5.74) is 6.12. The number of para-hydroxylation sites is 1. The molecule has 1 aliphatic rings. The van der Waals surface area contributed by atoms with Gasteiger partial charge < -0.3 is 4.42 Å². The highest BCUT2D eigenvalue weighted by Gasteiger charge is 2.30. The van der Waals surface area contributed by atoms with Crippen LogP contribution in [0.25, 0.3) is 70.3 Å². The first-order chi connectivity index (χ1) is 23.8. The van der Waals surface area contributed by atoms with Crippen LogP contribution in [-0.4, -0.2) is 15.0 Å². The number of rotatable bonds is 4. The van der Waals surface area contributed by atoms with Gasteiger partial charge in [-0.2, -0.15) is 0 Å². The molecule has 5 heteroatoms. The summed E-state index contributed by atoms with van der Waals surface area (Å²) >= 11 is 1.79. The van der Waals surface area contributed by atoms with Crippen LogP contribution in [0.5, 0.6) is 0 Å². The van der Waals surface area contributed by atoms with Gasteiger partial charge in [-0.1, -0.05) is 127 Å². The van der Waals surface area contributed by atoms with Gasteiger partial charge in [0, 0.05) is 60.2 Å². The number of thiophene rings is 1. The van der Waals surface area contributed by atoms with E-state index < -0.39 is 0 Å². The van der Waals surface area contributed by atoms with Gasteiger partial charge in [0.25, 0.3) is 0 Å². The molecule has 0 saturated carbocycles. The normalized spacial score (nSPS) is 14.5. The molecule has 226 valence electrons. The van der Waals surface area contributed by atoms with E-state index in [1.165, 1.54) is 36.5 Å². The third-order valence-corrected chi connectivity index (χ3v) is 10.7. The third-order valence-electron chi connectivity index (χ3n) is 9.47. The second-order valence-electron chi connectivity index (χ2n) is 12.3. The van der Waals surface area contributed by atoms with Gasteiger partial charge >= 0.3 is 0 Å². The Labute approximate surface area is 280 Å². The van der Waals surface area contributed by atoms with Crippen molar-refractivity contribution in [3.63, 3.8) is 0 Å². The summed E-state index contributed by atoms with van der Waals surface area (Å²) in [5, 5.41) is 6.00. The molecule has 3 aromatic heterocycles. The number of fused-ring (bicyclic) bond motifs is 7. The second-order valence-corrected chi connectivity index (χ2v) is 13.4. The van der Waals surface area contributed by atoms with Crippen molar-refractivity contribution >= 4 is 58.8 Å². The molecule has 1 aliphatic carbocycles. The summed E-state index contributed by atoms with van der Waals surface area (Å²) in [6.07, 6.45) is 3.11. The summed E-state index contributed by atoms with van der Waals surface area (Å²) in [4.78, 5) is 15.7. The Morgan fingerprint density at radius 2 is 1.31 bits per heavy atom. The van der Waals surface area contributed by atoms with Crippen molar-refractivity contribution < 1.29 is 4.42 Å². The highest BCUT2D eigenvalue weighted by molar-refractivity contribution is 7.26. The van der Waals surface area contributed by atoms with Gasteiger partial charge in [0.05, 0.1) is 0 Å². The maximum atomic E-state index is 6.59. The molecule has 0 N–H and O–H groups in total. The van der Waals surface area contributed by atoms with E-state index in [0.717, 1.165) is 45.4 Å². The van der Waals surface area contributed by atoms with Gasteiger partial charge in [-0.15, -0.1) is 11.3 Å². The molecule has 3 heterocycles. The van der Waals surface area contributed by atoms with Crippen LogP contribution in [0.3, 0.4) is 0 Å². The van der Waals surface area contributed by atoms with Gasteiger partial charge in [0.2, 0.25) is 0 Å². The molecule has 0 amide bonds. The molecule has 0 radical (unpaired) electrons. The lowest BCUT2D eigenvalue weighted by Gasteiger charge is -2.22. The van der Waals surface area contributed by atoms with Gasteiger partial charge in [-0.3, -0.25) is 0 Å². The maximum absolute atomic E-state index is 6.59. The largest absolute Gasteiger partial charge is 0.460 e. The lowest BCUT2D eigenvalue weighted by molar-refractivity contribution is 0.531. The topological polar surface area (TPSA) is 51.8 Å². The standard InChI is InChI=1S/C43H27N3OS/c1-2-12-27(13-3-1)41-44-42(34-18-10-17-32-31-15-7-9-20-38(31)48-40(32)34)46-43(45-41)35-24-30(29-22-21-26-11-4-5-14-28(26)23-29)25-37-39(35)33-16-6-8-19-36(33)47-37/h1-24,30H,25H2. The van der Waals surface area contributed by atoms with Crippen LogP contribution in [0.2, 0.25) is 0 Å². The molecular weight excluding hydrogens is 607 g/mol. The Morgan fingerprint density at radius 3 is 2.23 bits per heavy atom. The van der Waals surface area contributed by atoms with E-state index in [1.54, 1.807) is 11.3 Å². The van der Waals surface area contributed by atoms with E-state index >= 15 is 0 Å². The van der Waals surface area contributed by atoms with Crippen molar-refractivity contribution in [3.8, 4) is 22.8 Å². The molecule has 1 atom stereocenters. The first-order valence-corrected chi connectivity index (χ1v) is 17.0. The first-order valence-electron chi connectivity index (χ1n) is 16.2. The van der Waals surface area contributed by atoms with E-state index in [9.17, 15) is 0 Å². The van der Waals surface area contributed by atoms with Crippen LogP contribution >= 0.6 is 11.3 Å². The van der Waals surface area contributed by atoms with Crippen LogP contribution in [-0.2, 0) is 6.42 Å². The minimum atomic E-state index is 0.0871. The monoisotopic (exact) mass is 633 g/mol. The number of allylic oxidation sites excluding steroid dienone is 1. The Balaban J connectivity index is 1.23. The fourth-order valence-electron chi connectivity index (χ4n) is 7.17. The van der Waals surface area contributed by atoms with Crippen molar-refractivity contribution in [2.45, 2.75) is 12.3 Å². The Morgan fingerprint density at radius 1 is 0.583 bits per heavy atom. The molecule has 6 aromatic carbocycles. The minimum Gasteiger partial charge on any atom is -0.460 e. The van der Waals surface area contributed by atoms with E-state index in [-0.39, 0.29) is 5.92 Å². The summed E-state index contributed by atoms with van der Waals surface area (Å²) in [6, 6.07) is 48.8. The molecule has 0 aliphatic heterocycles. The number of furan rings is 1. The number of hydrogen-bond donors (Lipinski definition) is 0. The Hall–Kier alpha value is -5.91. The highest BCUT2D eigenvalue weighted by Crippen LogP contribution is 2.44. The number of nitrogens with zero attached hydrogens (tertiary/aromatic N) is 3. The Kier molecular flexibility index (Phi) is 6.14. The predicted molar refractivity (Wildman–Crippen MR) is 197 cm³/mol. The van der Waals surface area contributed by atoms with Gasteiger partial charge in [-0.05, 0) is 34.5 Å². The van der Waals surface area contributed by atoms with Crippen molar-refractivity contribution in [3.05, 3.63) is 168 Å². The van der Waals surface area contributed by atoms with E-state index in [4.69, 9.17) is 19.4 Å². The Bertz CT molecular complexity index is 2720. The molecule has 9 aromatic rings. The molecule has 0 fully saturated rings. The SMILES string of the molecule is C1=C(c2nc(-c3ccccc3)nc(-c3cccc4c3sc3ccccc34)n2)c2c(oc3ccccc23)CC1c1ccc2ccccc2c1. The molecule has 1 unspecified atom stereocenters. The fraction of sp³-hybridized carbons (Fsp3) is 0.0465. The van der Waals surface area contributed by atoms with Gasteiger partial charge in [-0.25, -0.2) is 15.0 Å². The van der Waals surface area contributed by atoms with Crippen molar-refractivity contribution in [1.29, 1.82) is 0 Å². The fourth-order valence-corrected chi connectivity index (χ4v) is 8.39. The average Bonchev–Trinajstić information content (AvgIpc) is 3.73. The van der Waals surface area contributed by atoms with E-state index in [1.807, 2.05) is 30.3 Å². The zero-order valence-electron chi connectivity index (χ0n) is 25.8. The molecule has 4 nitrogen and oxygen atoms in total. The van der Waals surface area contributed by atoms with E-state index in [0.29, 0.717) is 17.5 Å². The van der Waals surface area contributed by atoms with Crippen LogP contribution in [0.4, 0.5) is 0 Å². The lowest BCUT2D eigenvalue weighted by Crippen LogP contribution is -2.11. The molecular formula is C43H27N3OS. The number of aromatic nitrogens is 3. The molecule has 48 heavy (non-hydrogen) atoms. The van der Waals surface area contributed by atoms with Crippen LogP contribution < -0.4 is 0 Å². The molecule has 10 rings (SSSR count). The van der Waals surface area contributed by atoms with Gasteiger partial charge in [0.1, 0.15) is 11.3 Å². The molecule has 0 spiro atoms. The number of benzene rings is 6. The van der Waals surface area contributed by atoms with E-state index in [2.05, 4.69) is 115 Å². The summed E-state index contributed by atoms with van der Waals surface area (Å²) < 4.78 is 9.02. The zero-order valence-corrected chi connectivity index (χ0v) is 26.6. The first kappa shape index (κ1) is 27.2. The molecule has 0 bridgehead atoms. The summed E-state index contributed by atoms with van der Waals surface area (Å²) in [5.74, 6) is 3.01. The summed E-state index contributed by atoms with van der Waals surface area (Å²) in [6.45, 7) is 0. The zero-order chi connectivity index (χ0) is 31.6. The quantitative estimate of drug-likeness (QED) is 0.193. The van der Waals surface area contributed by atoms with Crippen molar-refractivity contribution in [2.75, 3.05) is 0 Å². The molecule has 0 saturated heterocycles. The number of hydrogen-bond acceptors (Lipinski definition) is 5. The van der Waals surface area contributed by atoms with Crippen LogP contribution in [0.15, 0.2) is 150 Å².